The standard InChI is InChI=1S/C21H27N5O2/c1-4-25-18(23-13-24-25)20(28)26-16-8-10-21(26,11-9-16)12-22-19(27)17-14(2)6-5-7-15(17)3/h5-7,13,16H,4,8-12H2,1-3H3,(H,22,27). The Kier molecular flexibility index (Phi) is 4.69. The highest BCUT2D eigenvalue weighted by atomic mass is 16.2. The highest BCUT2D eigenvalue weighted by Crippen LogP contribution is 2.46. The van der Waals surface area contributed by atoms with Crippen LogP contribution in [0.15, 0.2) is 24.5 Å². The Morgan fingerprint density at radius 1 is 1.21 bits per heavy atom. The molecular formula is C21H27N5O2. The van der Waals surface area contributed by atoms with E-state index < -0.39 is 0 Å². The lowest BCUT2D eigenvalue weighted by molar-refractivity contribution is 0.0583. The molecule has 2 amide bonds. The maximum absolute atomic E-state index is 13.3. The van der Waals surface area contributed by atoms with Crippen molar-refractivity contribution in [1.29, 1.82) is 0 Å². The summed E-state index contributed by atoms with van der Waals surface area (Å²) in [5.74, 6) is 0.256. The molecule has 7 heteroatoms. The Hall–Kier alpha value is -2.70. The van der Waals surface area contributed by atoms with Crippen molar-refractivity contribution < 1.29 is 9.59 Å². The zero-order chi connectivity index (χ0) is 19.9. The maximum atomic E-state index is 13.3. The average Bonchev–Trinajstić information content (AvgIpc) is 3.39. The van der Waals surface area contributed by atoms with E-state index in [1.54, 1.807) is 4.68 Å². The van der Waals surface area contributed by atoms with Gasteiger partial charge in [-0.25, -0.2) is 9.67 Å². The van der Waals surface area contributed by atoms with Gasteiger partial charge in [-0.1, -0.05) is 18.2 Å². The number of carbonyl (C=O) groups is 2. The summed E-state index contributed by atoms with van der Waals surface area (Å²) in [6.45, 7) is 6.94. The molecule has 3 heterocycles. The number of aromatic nitrogens is 3. The van der Waals surface area contributed by atoms with Crippen molar-refractivity contribution in [2.24, 2.45) is 0 Å². The number of nitrogens with one attached hydrogen (secondary N) is 1. The van der Waals surface area contributed by atoms with Crippen LogP contribution in [-0.4, -0.2) is 49.6 Å². The van der Waals surface area contributed by atoms with Gasteiger partial charge in [0, 0.05) is 24.7 Å². The minimum atomic E-state index is -0.321. The first-order valence-corrected chi connectivity index (χ1v) is 10.0. The van der Waals surface area contributed by atoms with E-state index in [2.05, 4.69) is 15.4 Å². The largest absolute Gasteiger partial charge is 0.350 e. The van der Waals surface area contributed by atoms with E-state index in [-0.39, 0.29) is 23.4 Å². The van der Waals surface area contributed by atoms with Crippen LogP contribution >= 0.6 is 0 Å². The molecule has 2 aliphatic rings. The third-order valence-corrected chi connectivity index (χ3v) is 6.37. The highest BCUT2D eigenvalue weighted by molar-refractivity contribution is 5.97. The van der Waals surface area contributed by atoms with Crippen LogP contribution in [0.4, 0.5) is 0 Å². The first-order chi connectivity index (χ1) is 13.5. The summed E-state index contributed by atoms with van der Waals surface area (Å²) < 4.78 is 1.64. The Labute approximate surface area is 165 Å². The monoisotopic (exact) mass is 381 g/mol. The predicted molar refractivity (Wildman–Crippen MR) is 105 cm³/mol. The summed E-state index contributed by atoms with van der Waals surface area (Å²) in [6, 6.07) is 6.10. The van der Waals surface area contributed by atoms with E-state index in [0.29, 0.717) is 18.9 Å². The minimum absolute atomic E-state index is 0.0653. The average molecular weight is 381 g/mol. The molecule has 1 aromatic carbocycles. The summed E-state index contributed by atoms with van der Waals surface area (Å²) >= 11 is 0. The van der Waals surface area contributed by atoms with Crippen molar-refractivity contribution in [2.75, 3.05) is 6.54 Å². The number of benzene rings is 1. The van der Waals surface area contributed by atoms with Gasteiger partial charge in [0.1, 0.15) is 6.33 Å². The molecule has 4 rings (SSSR count). The van der Waals surface area contributed by atoms with Crippen LogP contribution in [-0.2, 0) is 6.54 Å². The molecule has 2 saturated heterocycles. The van der Waals surface area contributed by atoms with Gasteiger partial charge in [0.15, 0.2) is 0 Å². The second-order valence-electron chi connectivity index (χ2n) is 7.98. The normalized spacial score (nSPS) is 23.2. The van der Waals surface area contributed by atoms with Gasteiger partial charge >= 0.3 is 0 Å². The van der Waals surface area contributed by atoms with Crippen LogP contribution < -0.4 is 5.32 Å². The van der Waals surface area contributed by atoms with Crippen molar-refractivity contribution in [3.8, 4) is 0 Å². The van der Waals surface area contributed by atoms with Crippen LogP contribution in [0.25, 0.3) is 0 Å². The molecule has 2 bridgehead atoms. The number of hydrogen-bond acceptors (Lipinski definition) is 4. The van der Waals surface area contributed by atoms with E-state index in [1.807, 2.05) is 43.9 Å². The van der Waals surface area contributed by atoms with Crippen LogP contribution in [0.3, 0.4) is 0 Å². The van der Waals surface area contributed by atoms with Crippen LogP contribution in [0.5, 0.6) is 0 Å². The zero-order valence-electron chi connectivity index (χ0n) is 16.7. The fraction of sp³-hybridized carbons (Fsp3) is 0.524. The molecule has 0 atom stereocenters. The molecule has 148 valence electrons. The van der Waals surface area contributed by atoms with E-state index >= 15 is 0 Å². The third-order valence-electron chi connectivity index (χ3n) is 6.37. The quantitative estimate of drug-likeness (QED) is 0.863. The molecule has 0 unspecified atom stereocenters. The Morgan fingerprint density at radius 3 is 2.54 bits per heavy atom. The number of rotatable bonds is 5. The van der Waals surface area contributed by atoms with Crippen molar-refractivity contribution >= 4 is 11.8 Å². The van der Waals surface area contributed by atoms with Crippen LogP contribution in [0.1, 0.15) is 64.7 Å². The van der Waals surface area contributed by atoms with Crippen molar-refractivity contribution in [1.82, 2.24) is 25.0 Å². The first kappa shape index (κ1) is 18.7. The molecule has 1 N–H and O–H groups in total. The highest BCUT2D eigenvalue weighted by Gasteiger charge is 2.54. The maximum Gasteiger partial charge on any atom is 0.292 e. The molecule has 2 aliphatic heterocycles. The Balaban J connectivity index is 1.55. The van der Waals surface area contributed by atoms with Gasteiger partial charge in [-0.2, -0.15) is 5.10 Å². The summed E-state index contributed by atoms with van der Waals surface area (Å²) in [5, 5.41) is 7.27. The molecule has 2 aromatic rings. The van der Waals surface area contributed by atoms with Gasteiger partial charge in [-0.15, -0.1) is 0 Å². The molecular weight excluding hydrogens is 354 g/mol. The number of amides is 2. The van der Waals surface area contributed by atoms with E-state index in [9.17, 15) is 9.59 Å². The van der Waals surface area contributed by atoms with Gasteiger partial charge < -0.3 is 10.2 Å². The molecule has 7 nitrogen and oxygen atoms in total. The molecule has 0 saturated carbocycles. The molecule has 28 heavy (non-hydrogen) atoms. The summed E-state index contributed by atoms with van der Waals surface area (Å²) in [4.78, 5) is 32.3. The number of carbonyl (C=O) groups excluding carboxylic acids is 2. The SMILES string of the molecule is CCn1ncnc1C(=O)N1C2CCC1(CNC(=O)c1c(C)cccc1C)CC2. The van der Waals surface area contributed by atoms with Crippen molar-refractivity contribution in [3.63, 3.8) is 0 Å². The molecule has 2 fully saturated rings. The van der Waals surface area contributed by atoms with Crippen molar-refractivity contribution in [3.05, 3.63) is 47.0 Å². The number of nitrogens with zero attached hydrogens (tertiary/aromatic N) is 4. The van der Waals surface area contributed by atoms with Gasteiger partial charge in [0.2, 0.25) is 5.82 Å². The third kappa shape index (κ3) is 2.89. The van der Waals surface area contributed by atoms with Crippen molar-refractivity contribution in [2.45, 2.75) is 64.6 Å². The van der Waals surface area contributed by atoms with Gasteiger partial charge in [-0.05, 0) is 57.6 Å². The number of hydrogen-bond donors (Lipinski definition) is 1. The molecule has 0 aliphatic carbocycles. The second-order valence-corrected chi connectivity index (χ2v) is 7.98. The lowest BCUT2D eigenvalue weighted by Gasteiger charge is -2.35. The molecule has 0 radical (unpaired) electrons. The summed E-state index contributed by atoms with van der Waals surface area (Å²) in [6.07, 6.45) is 5.22. The fourth-order valence-electron chi connectivity index (χ4n) is 4.94. The Morgan fingerprint density at radius 2 is 1.89 bits per heavy atom. The van der Waals surface area contributed by atoms with E-state index in [4.69, 9.17) is 0 Å². The molecule has 1 aromatic heterocycles. The fourth-order valence-corrected chi connectivity index (χ4v) is 4.94. The second kappa shape index (κ2) is 7.04. The predicted octanol–water partition coefficient (Wildman–Crippen LogP) is 2.48. The lowest BCUT2D eigenvalue weighted by atomic mass is 9.87. The van der Waals surface area contributed by atoms with Gasteiger partial charge in [0.25, 0.3) is 11.8 Å². The smallest absolute Gasteiger partial charge is 0.292 e. The summed E-state index contributed by atoms with van der Waals surface area (Å²) in [7, 11) is 0. The minimum Gasteiger partial charge on any atom is -0.350 e. The van der Waals surface area contributed by atoms with Gasteiger partial charge in [-0.3, -0.25) is 9.59 Å². The topological polar surface area (TPSA) is 80.1 Å². The molecule has 0 spiro atoms. The van der Waals surface area contributed by atoms with Crippen LogP contribution in [0.2, 0.25) is 0 Å². The van der Waals surface area contributed by atoms with Gasteiger partial charge in [0.05, 0.1) is 5.54 Å². The zero-order valence-corrected chi connectivity index (χ0v) is 16.7. The first-order valence-electron chi connectivity index (χ1n) is 10.0. The van der Waals surface area contributed by atoms with Crippen LogP contribution in [0, 0.1) is 13.8 Å². The summed E-state index contributed by atoms with van der Waals surface area (Å²) in [5.41, 5.74) is 2.35. The number of aryl methyl sites for hydroxylation is 3. The number of fused-ring (bicyclic) bond motifs is 2. The van der Waals surface area contributed by atoms with E-state index in [1.165, 1.54) is 6.33 Å². The van der Waals surface area contributed by atoms with E-state index in [0.717, 1.165) is 42.4 Å². The Bertz CT molecular complexity index is 891. The lowest BCUT2D eigenvalue weighted by Crippen LogP contribution is -2.52.